The molecule has 0 amide bonds. The fraction of sp³-hybridized carbons (Fsp3) is 1.00. The van der Waals surface area contributed by atoms with E-state index in [0.29, 0.717) is 13.2 Å². The number of sulfonamides is 1. The highest BCUT2D eigenvalue weighted by molar-refractivity contribution is 7.88. The lowest BCUT2D eigenvalue weighted by Gasteiger charge is -2.11. The maximum atomic E-state index is 11.0. The van der Waals surface area contributed by atoms with Crippen molar-refractivity contribution in [2.45, 2.75) is 13.3 Å². The SMILES string of the molecule is CCS(=O)(=O)N1CCCO1. The van der Waals surface area contributed by atoms with Crippen LogP contribution in [0.15, 0.2) is 0 Å². The first kappa shape index (κ1) is 7.97. The number of rotatable bonds is 2. The van der Waals surface area contributed by atoms with Crippen LogP contribution in [-0.2, 0) is 14.9 Å². The molecule has 4 nitrogen and oxygen atoms in total. The first-order chi connectivity index (χ1) is 4.67. The molecule has 5 heteroatoms. The van der Waals surface area contributed by atoms with Crippen molar-refractivity contribution in [2.75, 3.05) is 18.9 Å². The normalized spacial score (nSPS) is 21.7. The standard InChI is InChI=1S/C5H11NO3S/c1-2-10(7,8)6-4-3-5-9-6/h2-5H2,1H3. The average molecular weight is 165 g/mol. The largest absolute Gasteiger partial charge is 0.284 e. The molecule has 1 rings (SSSR count). The third kappa shape index (κ3) is 1.47. The van der Waals surface area contributed by atoms with Crippen molar-refractivity contribution in [2.24, 2.45) is 0 Å². The van der Waals surface area contributed by atoms with E-state index in [4.69, 9.17) is 4.84 Å². The van der Waals surface area contributed by atoms with Gasteiger partial charge in [0.2, 0.25) is 10.0 Å². The molecule has 0 bridgehead atoms. The van der Waals surface area contributed by atoms with Gasteiger partial charge in [0.15, 0.2) is 0 Å². The molecule has 0 saturated carbocycles. The molecule has 1 aliphatic heterocycles. The van der Waals surface area contributed by atoms with Crippen LogP contribution in [0.2, 0.25) is 0 Å². The van der Waals surface area contributed by atoms with Crippen LogP contribution < -0.4 is 0 Å². The summed E-state index contributed by atoms with van der Waals surface area (Å²) < 4.78 is 23.1. The Labute approximate surface area is 60.8 Å². The highest BCUT2D eigenvalue weighted by Crippen LogP contribution is 2.09. The lowest BCUT2D eigenvalue weighted by Crippen LogP contribution is -2.28. The minimum atomic E-state index is -3.09. The molecule has 60 valence electrons. The average Bonchev–Trinajstić information content (AvgIpc) is 2.38. The van der Waals surface area contributed by atoms with Crippen molar-refractivity contribution in [3.63, 3.8) is 0 Å². The maximum Gasteiger partial charge on any atom is 0.235 e. The van der Waals surface area contributed by atoms with Gasteiger partial charge in [-0.2, -0.15) is 0 Å². The summed E-state index contributed by atoms with van der Waals surface area (Å²) in [7, 11) is -3.09. The zero-order chi connectivity index (χ0) is 7.61. The summed E-state index contributed by atoms with van der Waals surface area (Å²) in [5.74, 6) is 0.118. The molecule has 1 saturated heterocycles. The highest BCUT2D eigenvalue weighted by atomic mass is 32.2. The number of hydrogen-bond acceptors (Lipinski definition) is 3. The van der Waals surface area contributed by atoms with E-state index in [1.54, 1.807) is 6.92 Å². The molecule has 1 fully saturated rings. The first-order valence-corrected chi connectivity index (χ1v) is 4.91. The minimum absolute atomic E-state index is 0.118. The predicted octanol–water partition coefficient (Wildman–Crippen LogP) is -0.0266. The predicted molar refractivity (Wildman–Crippen MR) is 36.7 cm³/mol. The van der Waals surface area contributed by atoms with Gasteiger partial charge in [-0.15, -0.1) is 0 Å². The molecule has 0 aliphatic carbocycles. The Morgan fingerprint density at radius 2 is 2.30 bits per heavy atom. The van der Waals surface area contributed by atoms with Crippen molar-refractivity contribution in [3.05, 3.63) is 0 Å². The van der Waals surface area contributed by atoms with Crippen molar-refractivity contribution in [1.29, 1.82) is 0 Å². The zero-order valence-corrected chi connectivity index (χ0v) is 6.73. The molecule has 1 heterocycles. The quantitative estimate of drug-likeness (QED) is 0.577. The van der Waals surface area contributed by atoms with E-state index in [2.05, 4.69) is 0 Å². The van der Waals surface area contributed by atoms with Gasteiger partial charge >= 0.3 is 0 Å². The van der Waals surface area contributed by atoms with Gasteiger partial charge in [-0.05, 0) is 13.3 Å². The molecule has 10 heavy (non-hydrogen) atoms. The molecule has 0 radical (unpaired) electrons. The molecular formula is C5H11NO3S. The zero-order valence-electron chi connectivity index (χ0n) is 5.91. The van der Waals surface area contributed by atoms with Crippen molar-refractivity contribution < 1.29 is 13.3 Å². The van der Waals surface area contributed by atoms with Crippen LogP contribution >= 0.6 is 0 Å². The van der Waals surface area contributed by atoms with Crippen LogP contribution in [0.3, 0.4) is 0 Å². The van der Waals surface area contributed by atoms with Gasteiger partial charge in [0.1, 0.15) is 0 Å². The van der Waals surface area contributed by atoms with Gasteiger partial charge in [0, 0.05) is 6.54 Å². The summed E-state index contributed by atoms with van der Waals surface area (Å²) in [5, 5.41) is 0. The Balaban J connectivity index is 2.63. The van der Waals surface area contributed by atoms with Crippen LogP contribution in [0.25, 0.3) is 0 Å². The second-order valence-corrected chi connectivity index (χ2v) is 4.26. The van der Waals surface area contributed by atoms with E-state index >= 15 is 0 Å². The molecular weight excluding hydrogens is 154 g/mol. The van der Waals surface area contributed by atoms with Crippen LogP contribution in [0.5, 0.6) is 0 Å². The lowest BCUT2D eigenvalue weighted by atomic mass is 10.5. The molecule has 0 aromatic heterocycles. The molecule has 0 N–H and O–H groups in total. The third-order valence-electron chi connectivity index (χ3n) is 1.40. The summed E-state index contributed by atoms with van der Waals surface area (Å²) in [4.78, 5) is 4.85. The molecule has 0 aromatic carbocycles. The van der Waals surface area contributed by atoms with E-state index in [1.807, 2.05) is 0 Å². The van der Waals surface area contributed by atoms with Gasteiger partial charge < -0.3 is 0 Å². The van der Waals surface area contributed by atoms with Crippen molar-refractivity contribution in [3.8, 4) is 0 Å². The third-order valence-corrected chi connectivity index (χ3v) is 3.03. The number of hydroxylamine groups is 1. The van der Waals surface area contributed by atoms with Gasteiger partial charge in [-0.25, -0.2) is 8.42 Å². The van der Waals surface area contributed by atoms with Crippen LogP contribution in [-0.4, -0.2) is 31.8 Å². The van der Waals surface area contributed by atoms with E-state index in [9.17, 15) is 8.42 Å². The van der Waals surface area contributed by atoms with E-state index < -0.39 is 10.0 Å². The summed E-state index contributed by atoms with van der Waals surface area (Å²) >= 11 is 0. The Hall–Kier alpha value is -0.130. The first-order valence-electron chi connectivity index (χ1n) is 3.30. The minimum Gasteiger partial charge on any atom is -0.284 e. The van der Waals surface area contributed by atoms with E-state index in [-0.39, 0.29) is 5.75 Å². The Morgan fingerprint density at radius 3 is 2.70 bits per heavy atom. The number of nitrogens with zero attached hydrogens (tertiary/aromatic N) is 1. The van der Waals surface area contributed by atoms with Gasteiger partial charge in [-0.1, -0.05) is 4.47 Å². The fourth-order valence-electron chi connectivity index (χ4n) is 0.788. The molecule has 0 unspecified atom stereocenters. The smallest absolute Gasteiger partial charge is 0.235 e. The Bertz CT molecular complexity index is 193. The van der Waals surface area contributed by atoms with Gasteiger partial charge in [0.05, 0.1) is 12.4 Å². The van der Waals surface area contributed by atoms with Crippen LogP contribution in [0.4, 0.5) is 0 Å². The topological polar surface area (TPSA) is 46.6 Å². The molecule has 0 spiro atoms. The van der Waals surface area contributed by atoms with Crippen molar-refractivity contribution >= 4 is 10.0 Å². The highest BCUT2D eigenvalue weighted by Gasteiger charge is 2.24. The fourth-order valence-corrected chi connectivity index (χ4v) is 1.72. The Kier molecular flexibility index (Phi) is 2.28. The maximum absolute atomic E-state index is 11.0. The van der Waals surface area contributed by atoms with E-state index in [1.165, 1.54) is 0 Å². The van der Waals surface area contributed by atoms with Crippen LogP contribution in [0, 0.1) is 0 Å². The molecule has 0 atom stereocenters. The van der Waals surface area contributed by atoms with E-state index in [0.717, 1.165) is 10.9 Å². The Morgan fingerprint density at radius 1 is 1.60 bits per heavy atom. The lowest BCUT2D eigenvalue weighted by molar-refractivity contribution is -0.0282. The molecule has 0 aromatic rings. The second-order valence-electron chi connectivity index (χ2n) is 2.11. The monoisotopic (exact) mass is 165 g/mol. The number of hydrogen-bond donors (Lipinski definition) is 0. The van der Waals surface area contributed by atoms with Gasteiger partial charge in [-0.3, -0.25) is 4.84 Å². The summed E-state index contributed by atoms with van der Waals surface area (Å²) in [5.41, 5.74) is 0. The van der Waals surface area contributed by atoms with Gasteiger partial charge in [0.25, 0.3) is 0 Å². The summed E-state index contributed by atoms with van der Waals surface area (Å²) in [6, 6.07) is 0. The summed E-state index contributed by atoms with van der Waals surface area (Å²) in [6.07, 6.45) is 0.805. The van der Waals surface area contributed by atoms with Crippen molar-refractivity contribution in [1.82, 2.24) is 4.47 Å². The summed E-state index contributed by atoms with van der Waals surface area (Å²) in [6.45, 7) is 2.65. The second kappa shape index (κ2) is 2.86. The molecule has 1 aliphatic rings. The van der Waals surface area contributed by atoms with Crippen LogP contribution in [0.1, 0.15) is 13.3 Å².